The molecular weight excluding hydrogens is 422 g/mol. The number of anilines is 1. The molecule has 1 aromatic carbocycles. The van der Waals surface area contributed by atoms with E-state index >= 15 is 0 Å². The second-order valence-electron chi connectivity index (χ2n) is 9.16. The third-order valence-electron chi connectivity index (χ3n) is 7.36. The van der Waals surface area contributed by atoms with Crippen LogP contribution in [0.3, 0.4) is 0 Å². The number of benzene rings is 1. The Morgan fingerprint density at radius 2 is 1.88 bits per heavy atom. The van der Waals surface area contributed by atoms with Gasteiger partial charge in [0.25, 0.3) is 5.56 Å². The van der Waals surface area contributed by atoms with Crippen LogP contribution in [0.15, 0.2) is 29.1 Å². The number of nitrogens with one attached hydrogen (secondary N) is 1. The van der Waals surface area contributed by atoms with Crippen molar-refractivity contribution in [3.63, 3.8) is 0 Å². The van der Waals surface area contributed by atoms with Crippen molar-refractivity contribution in [1.82, 2.24) is 20.0 Å². The smallest absolute Gasteiger partial charge is 0.338 e. The number of carbonyl (C=O) groups is 2. The Hall–Kier alpha value is -3.04. The number of hydrogen-bond acceptors (Lipinski definition) is 7. The van der Waals surface area contributed by atoms with Crippen LogP contribution >= 0.6 is 0 Å². The molecule has 3 aliphatic rings. The molecule has 0 radical (unpaired) electrons. The molecule has 1 N–H and O–H groups in total. The van der Waals surface area contributed by atoms with Gasteiger partial charge in [-0.2, -0.15) is 5.10 Å². The quantitative estimate of drug-likeness (QED) is 0.686. The number of aromatic nitrogens is 2. The van der Waals surface area contributed by atoms with E-state index in [1.165, 1.54) is 16.3 Å². The number of likely N-dealkylation sites (tertiary alicyclic amines) is 1. The van der Waals surface area contributed by atoms with Crippen molar-refractivity contribution in [2.75, 3.05) is 37.6 Å². The number of hydrogen-bond donors (Lipinski definition) is 1. The standard InChI is InChI=1S/C24H29N5O4/c1-16-17(3-4-18-19(16)15-33-22(18)31)7-11-28-12-8-24(9-13-28)23(32)29(14-10-25-24)20-5-6-21(30)27(2)26-20/h3-6,25H,7-15H2,1-2H3. The van der Waals surface area contributed by atoms with E-state index in [-0.39, 0.29) is 17.4 Å². The number of esters is 1. The molecule has 9 nitrogen and oxygen atoms in total. The Labute approximate surface area is 192 Å². The zero-order valence-electron chi connectivity index (χ0n) is 19.1. The molecule has 0 aliphatic carbocycles. The van der Waals surface area contributed by atoms with Gasteiger partial charge in [-0.25, -0.2) is 9.48 Å². The highest BCUT2D eigenvalue weighted by atomic mass is 16.5. The molecule has 4 heterocycles. The minimum Gasteiger partial charge on any atom is -0.457 e. The van der Waals surface area contributed by atoms with Crippen molar-refractivity contribution >= 4 is 17.7 Å². The third kappa shape index (κ3) is 3.85. The van der Waals surface area contributed by atoms with Gasteiger partial charge in [0.15, 0.2) is 5.82 Å². The van der Waals surface area contributed by atoms with Gasteiger partial charge in [-0.15, -0.1) is 0 Å². The van der Waals surface area contributed by atoms with E-state index in [2.05, 4.69) is 22.2 Å². The van der Waals surface area contributed by atoms with E-state index < -0.39 is 5.54 Å². The first-order valence-electron chi connectivity index (χ1n) is 11.5. The predicted octanol–water partition coefficient (Wildman–Crippen LogP) is 0.773. The first-order valence-corrected chi connectivity index (χ1v) is 11.5. The molecule has 33 heavy (non-hydrogen) atoms. The van der Waals surface area contributed by atoms with Crippen LogP contribution in [0, 0.1) is 6.92 Å². The Morgan fingerprint density at radius 3 is 2.64 bits per heavy atom. The number of rotatable bonds is 4. The maximum absolute atomic E-state index is 13.4. The highest BCUT2D eigenvalue weighted by Gasteiger charge is 2.46. The van der Waals surface area contributed by atoms with E-state index in [1.54, 1.807) is 18.0 Å². The number of carbonyl (C=O) groups excluding carboxylic acids is 2. The Kier molecular flexibility index (Phi) is 5.54. The fourth-order valence-corrected chi connectivity index (χ4v) is 5.19. The molecule has 0 saturated carbocycles. The topological polar surface area (TPSA) is 96.8 Å². The molecule has 1 aromatic heterocycles. The van der Waals surface area contributed by atoms with Gasteiger partial charge in [-0.3, -0.25) is 14.5 Å². The monoisotopic (exact) mass is 451 g/mol. The number of cyclic esters (lactones) is 1. The van der Waals surface area contributed by atoms with Gasteiger partial charge in [0.2, 0.25) is 5.91 Å². The molecule has 5 rings (SSSR count). The number of aryl methyl sites for hydroxylation is 1. The number of fused-ring (bicyclic) bond motifs is 1. The highest BCUT2D eigenvalue weighted by molar-refractivity contribution is 6.00. The molecule has 0 atom stereocenters. The Balaban J connectivity index is 1.22. The molecule has 1 spiro atoms. The number of ether oxygens (including phenoxy) is 1. The van der Waals surface area contributed by atoms with Crippen molar-refractivity contribution in [3.8, 4) is 0 Å². The van der Waals surface area contributed by atoms with Gasteiger partial charge >= 0.3 is 5.97 Å². The molecule has 174 valence electrons. The van der Waals surface area contributed by atoms with Crippen LogP contribution in [0.5, 0.6) is 0 Å². The molecule has 2 aromatic rings. The summed E-state index contributed by atoms with van der Waals surface area (Å²) in [6, 6.07) is 7.00. The van der Waals surface area contributed by atoms with Gasteiger partial charge in [-0.05, 0) is 49.4 Å². The summed E-state index contributed by atoms with van der Waals surface area (Å²) in [6.07, 6.45) is 2.37. The maximum Gasteiger partial charge on any atom is 0.338 e. The van der Waals surface area contributed by atoms with Gasteiger partial charge < -0.3 is 15.0 Å². The summed E-state index contributed by atoms with van der Waals surface area (Å²) >= 11 is 0. The molecule has 3 aliphatic heterocycles. The minimum absolute atomic E-state index is 0.0404. The lowest BCUT2D eigenvalue weighted by Gasteiger charge is -2.46. The summed E-state index contributed by atoms with van der Waals surface area (Å²) < 4.78 is 6.43. The molecule has 2 fully saturated rings. The summed E-state index contributed by atoms with van der Waals surface area (Å²) in [6.45, 7) is 6.25. The molecule has 1 amide bonds. The lowest BCUT2D eigenvalue weighted by atomic mass is 9.84. The first kappa shape index (κ1) is 21.8. The lowest BCUT2D eigenvalue weighted by Crippen LogP contribution is -2.68. The molecule has 0 unspecified atom stereocenters. The van der Waals surface area contributed by atoms with Gasteiger partial charge in [-0.1, -0.05) is 6.07 Å². The summed E-state index contributed by atoms with van der Waals surface area (Å²) in [5.41, 5.74) is 3.33. The Bertz CT molecular complexity index is 1170. The van der Waals surface area contributed by atoms with Gasteiger partial charge in [0.1, 0.15) is 12.1 Å². The van der Waals surface area contributed by atoms with E-state index in [1.807, 2.05) is 12.1 Å². The first-order chi connectivity index (χ1) is 15.9. The third-order valence-corrected chi connectivity index (χ3v) is 7.36. The fourth-order valence-electron chi connectivity index (χ4n) is 5.19. The minimum atomic E-state index is -0.577. The number of nitrogens with zero attached hydrogens (tertiary/aromatic N) is 4. The van der Waals surface area contributed by atoms with E-state index in [0.717, 1.165) is 50.0 Å². The molecule has 0 bridgehead atoms. The fraction of sp³-hybridized carbons (Fsp3) is 0.500. The van der Waals surface area contributed by atoms with Crippen molar-refractivity contribution in [2.45, 2.75) is 38.3 Å². The maximum atomic E-state index is 13.4. The van der Waals surface area contributed by atoms with Crippen molar-refractivity contribution in [2.24, 2.45) is 7.05 Å². The van der Waals surface area contributed by atoms with Gasteiger partial charge in [0.05, 0.1) is 5.56 Å². The number of amides is 1. The van der Waals surface area contributed by atoms with E-state index in [9.17, 15) is 14.4 Å². The van der Waals surface area contributed by atoms with Gasteiger partial charge in [0, 0.05) is 51.4 Å². The highest BCUT2D eigenvalue weighted by Crippen LogP contribution is 2.30. The molecule has 9 heteroatoms. The summed E-state index contributed by atoms with van der Waals surface area (Å²) in [5.74, 6) is 0.339. The summed E-state index contributed by atoms with van der Waals surface area (Å²) in [5, 5.41) is 7.77. The SMILES string of the molecule is Cc1c(CCN2CCC3(CC2)NCCN(c2ccc(=O)n(C)n2)C3=O)ccc2c1COC2=O. The second-order valence-corrected chi connectivity index (χ2v) is 9.16. The van der Waals surface area contributed by atoms with Crippen molar-refractivity contribution in [1.29, 1.82) is 0 Å². The van der Waals surface area contributed by atoms with E-state index in [0.29, 0.717) is 31.1 Å². The van der Waals surface area contributed by atoms with Crippen molar-refractivity contribution in [3.05, 3.63) is 56.9 Å². The molecule has 2 saturated heterocycles. The van der Waals surface area contributed by atoms with Crippen molar-refractivity contribution < 1.29 is 14.3 Å². The average molecular weight is 452 g/mol. The zero-order chi connectivity index (χ0) is 23.2. The van der Waals surface area contributed by atoms with E-state index in [4.69, 9.17) is 4.74 Å². The van der Waals surface area contributed by atoms with Crippen LogP contribution in [0.1, 0.15) is 39.9 Å². The second kappa shape index (κ2) is 8.39. The average Bonchev–Trinajstić information content (AvgIpc) is 3.20. The summed E-state index contributed by atoms with van der Waals surface area (Å²) in [7, 11) is 1.60. The number of piperidine rings is 1. The van der Waals surface area contributed by atoms with Crippen LogP contribution < -0.4 is 15.8 Å². The Morgan fingerprint density at radius 1 is 1.09 bits per heavy atom. The van der Waals surface area contributed by atoms with Crippen LogP contribution in [-0.2, 0) is 29.6 Å². The van der Waals surface area contributed by atoms with Crippen LogP contribution in [-0.4, -0.2) is 64.8 Å². The van der Waals surface area contributed by atoms with Crippen LogP contribution in [0.2, 0.25) is 0 Å². The van der Waals surface area contributed by atoms with Crippen LogP contribution in [0.4, 0.5) is 5.82 Å². The number of piperazine rings is 1. The predicted molar refractivity (Wildman–Crippen MR) is 122 cm³/mol. The normalized spacial score (nSPS) is 20.2. The largest absolute Gasteiger partial charge is 0.457 e. The van der Waals surface area contributed by atoms with Crippen LogP contribution in [0.25, 0.3) is 0 Å². The summed E-state index contributed by atoms with van der Waals surface area (Å²) in [4.78, 5) is 41.0. The zero-order valence-corrected chi connectivity index (χ0v) is 19.1. The lowest BCUT2D eigenvalue weighted by molar-refractivity contribution is -0.128. The molecular formula is C24H29N5O4.